The Hall–Kier alpha value is -3.82. The molecule has 0 aliphatic rings. The summed E-state index contributed by atoms with van der Waals surface area (Å²) >= 11 is 0. The third-order valence-electron chi connectivity index (χ3n) is 4.46. The molecular weight excluding hydrogens is 486 g/mol. The fraction of sp³-hybridized carbons (Fsp3) is 0.524. The van der Waals surface area contributed by atoms with Crippen molar-refractivity contribution < 1.29 is 43.9 Å². The molecule has 0 aromatic carbocycles. The maximum Gasteiger partial charge on any atom is 0.336 e. The van der Waals surface area contributed by atoms with Crippen molar-refractivity contribution in [3.63, 3.8) is 0 Å². The summed E-state index contributed by atoms with van der Waals surface area (Å²) in [5.41, 5.74) is -3.70. The molecule has 1 heterocycles. The normalized spacial score (nSPS) is 13.2. The molecule has 200 valence electrons. The lowest BCUT2D eigenvalue weighted by atomic mass is 10.3. The Morgan fingerprint density at radius 1 is 0.722 bits per heavy atom. The van der Waals surface area contributed by atoms with Gasteiger partial charge in [-0.1, -0.05) is 20.1 Å². The molecular formula is C21H29N3O12. The second-order valence-electron chi connectivity index (χ2n) is 7.35. The number of carbonyl (C=O) groups is 3. The first-order valence-electron chi connectivity index (χ1n) is 10.7. The average Bonchev–Trinajstić information content (AvgIpc) is 2.86. The Labute approximate surface area is 204 Å². The quantitative estimate of drug-likeness (QED) is 0.119. The molecule has 3 atom stereocenters. The summed E-state index contributed by atoms with van der Waals surface area (Å²) in [6.07, 6.45) is -2.96. The molecule has 1 rings (SSSR count). The van der Waals surface area contributed by atoms with E-state index in [-0.39, 0.29) is 6.42 Å². The van der Waals surface area contributed by atoms with Gasteiger partial charge in [0, 0.05) is 18.6 Å². The zero-order valence-electron chi connectivity index (χ0n) is 19.6. The Morgan fingerprint density at radius 3 is 1.31 bits per heavy atom. The van der Waals surface area contributed by atoms with E-state index in [4.69, 9.17) is 4.74 Å². The van der Waals surface area contributed by atoms with Crippen LogP contribution in [0.1, 0.15) is 13.3 Å². The van der Waals surface area contributed by atoms with Gasteiger partial charge >= 0.3 is 35.0 Å². The second-order valence-corrected chi connectivity index (χ2v) is 7.35. The van der Waals surface area contributed by atoms with Gasteiger partial charge in [-0.15, -0.1) is 0 Å². The van der Waals surface area contributed by atoms with Gasteiger partial charge in [-0.25, -0.2) is 37.7 Å². The first-order chi connectivity index (χ1) is 16.9. The molecule has 0 spiro atoms. The average molecular weight is 515 g/mol. The molecule has 36 heavy (non-hydrogen) atoms. The van der Waals surface area contributed by atoms with Crippen molar-refractivity contribution in [3.8, 4) is 0 Å². The minimum atomic E-state index is -1.56. The van der Waals surface area contributed by atoms with Crippen LogP contribution in [-0.4, -0.2) is 85.1 Å². The van der Waals surface area contributed by atoms with Crippen LogP contribution in [0.15, 0.2) is 39.7 Å². The number of nitrogens with zero attached hydrogens (tertiary/aromatic N) is 3. The fourth-order valence-corrected chi connectivity index (χ4v) is 2.71. The highest BCUT2D eigenvalue weighted by atomic mass is 16.5. The Morgan fingerprint density at radius 2 is 1.03 bits per heavy atom. The van der Waals surface area contributed by atoms with Gasteiger partial charge in [0.05, 0.1) is 19.6 Å². The van der Waals surface area contributed by atoms with Gasteiger partial charge in [0.15, 0.2) is 0 Å². The Kier molecular flexibility index (Phi) is 12.2. The summed E-state index contributed by atoms with van der Waals surface area (Å²) < 4.78 is 15.4. The molecule has 3 N–H and O–H groups in total. The number of hydrogen-bond acceptors (Lipinski definition) is 12. The van der Waals surface area contributed by atoms with Crippen LogP contribution in [-0.2, 0) is 48.2 Å². The van der Waals surface area contributed by atoms with Gasteiger partial charge in [0.2, 0.25) is 0 Å². The van der Waals surface area contributed by atoms with Crippen molar-refractivity contribution in [2.45, 2.75) is 51.3 Å². The molecule has 15 nitrogen and oxygen atoms in total. The van der Waals surface area contributed by atoms with Gasteiger partial charge in [-0.05, 0) is 0 Å². The van der Waals surface area contributed by atoms with E-state index in [1.165, 1.54) is 6.92 Å². The number of rotatable bonds is 15. The first-order valence-corrected chi connectivity index (χ1v) is 10.7. The van der Waals surface area contributed by atoms with Crippen molar-refractivity contribution in [2.24, 2.45) is 0 Å². The van der Waals surface area contributed by atoms with Crippen molar-refractivity contribution in [1.82, 2.24) is 13.7 Å². The van der Waals surface area contributed by atoms with Gasteiger partial charge in [-0.3, -0.25) is 4.79 Å². The van der Waals surface area contributed by atoms with E-state index in [2.05, 4.69) is 22.6 Å². The van der Waals surface area contributed by atoms with E-state index in [1.807, 2.05) is 0 Å². The molecule has 0 aliphatic carbocycles. The fourth-order valence-electron chi connectivity index (χ4n) is 2.71. The highest BCUT2D eigenvalue weighted by Gasteiger charge is 2.22. The largest absolute Gasteiger partial charge is 0.463 e. The molecule has 0 amide bonds. The summed E-state index contributed by atoms with van der Waals surface area (Å²) in [4.78, 5) is 72.3. The highest BCUT2D eigenvalue weighted by Crippen LogP contribution is 1.95. The Balaban J connectivity index is 3.35. The number of esters is 3. The molecule has 1 aromatic heterocycles. The van der Waals surface area contributed by atoms with Crippen molar-refractivity contribution in [1.29, 1.82) is 0 Å². The molecule has 0 saturated heterocycles. The van der Waals surface area contributed by atoms with Crippen molar-refractivity contribution in [2.75, 3.05) is 19.8 Å². The predicted molar refractivity (Wildman–Crippen MR) is 121 cm³/mol. The lowest BCUT2D eigenvalue weighted by Gasteiger charge is -2.19. The maximum atomic E-state index is 12.9. The van der Waals surface area contributed by atoms with Crippen LogP contribution in [0.4, 0.5) is 0 Å². The third-order valence-corrected chi connectivity index (χ3v) is 4.46. The zero-order chi connectivity index (χ0) is 27.4. The molecule has 0 saturated carbocycles. The lowest BCUT2D eigenvalue weighted by molar-refractivity contribution is -0.146. The van der Waals surface area contributed by atoms with Gasteiger partial charge < -0.3 is 29.5 Å². The third kappa shape index (κ3) is 9.09. The highest BCUT2D eigenvalue weighted by molar-refractivity contribution is 5.81. The second kappa shape index (κ2) is 14.6. The summed E-state index contributed by atoms with van der Waals surface area (Å²) in [5, 5.41) is 30.4. The van der Waals surface area contributed by atoms with Gasteiger partial charge in [0.25, 0.3) is 0 Å². The van der Waals surface area contributed by atoms with E-state index in [1.54, 1.807) is 0 Å². The first kappa shape index (κ1) is 30.2. The summed E-state index contributed by atoms with van der Waals surface area (Å²) in [6, 6.07) is 0. The predicted octanol–water partition coefficient (Wildman–Crippen LogP) is -3.33. The number of aromatic nitrogens is 3. The monoisotopic (exact) mass is 515 g/mol. The van der Waals surface area contributed by atoms with Crippen LogP contribution in [0, 0.1) is 0 Å². The molecule has 0 aliphatic heterocycles. The number of aliphatic hydroxyl groups is 3. The number of ether oxygens (including phenoxy) is 3. The smallest absolute Gasteiger partial charge is 0.336 e. The number of aliphatic hydroxyl groups excluding tert-OH is 3. The van der Waals surface area contributed by atoms with Crippen LogP contribution in [0.5, 0.6) is 0 Å². The molecule has 0 bridgehead atoms. The van der Waals surface area contributed by atoms with E-state index in [9.17, 15) is 44.1 Å². The summed E-state index contributed by atoms with van der Waals surface area (Å²) in [6.45, 7) is 3.91. The van der Waals surface area contributed by atoms with Crippen LogP contribution >= 0.6 is 0 Å². The van der Waals surface area contributed by atoms with Crippen LogP contribution in [0.25, 0.3) is 0 Å². The van der Waals surface area contributed by atoms with Crippen molar-refractivity contribution >= 4 is 17.9 Å². The summed E-state index contributed by atoms with van der Waals surface area (Å²) in [7, 11) is 0. The molecule has 3 unspecified atom stereocenters. The lowest BCUT2D eigenvalue weighted by Crippen LogP contribution is -2.57. The SMILES string of the molecule is C=CC(=O)OCC(O)Cn1c(=O)n(CC(O)COC(=O)C=C)c(=O)n(CC(O)COC(=O)CC)c1=O. The number of carbonyl (C=O) groups excluding carboxylic acids is 3. The van der Waals surface area contributed by atoms with Crippen molar-refractivity contribution in [3.05, 3.63) is 56.8 Å². The van der Waals surface area contributed by atoms with E-state index < -0.39 is 92.7 Å². The van der Waals surface area contributed by atoms with Gasteiger partial charge in [-0.2, -0.15) is 0 Å². The minimum Gasteiger partial charge on any atom is -0.463 e. The number of hydrogen-bond donors (Lipinski definition) is 3. The molecule has 1 aromatic rings. The molecule has 0 radical (unpaired) electrons. The van der Waals surface area contributed by atoms with Crippen LogP contribution in [0.3, 0.4) is 0 Å². The standard InChI is InChI=1S/C21H29N3O12/c1-4-16(28)34-10-13(25)7-22-19(31)23(8-14(26)11-35-17(29)5-2)21(33)24(20(22)32)9-15(27)12-36-18(30)6-3/h4-5,13-15,25-27H,1-2,6-12H2,3H3. The van der Waals surface area contributed by atoms with E-state index in [0.29, 0.717) is 13.7 Å². The zero-order valence-corrected chi connectivity index (χ0v) is 19.6. The van der Waals surface area contributed by atoms with Crippen LogP contribution in [0.2, 0.25) is 0 Å². The maximum absolute atomic E-state index is 12.9. The van der Waals surface area contributed by atoms with Gasteiger partial charge in [0.1, 0.15) is 38.1 Å². The van der Waals surface area contributed by atoms with E-state index in [0.717, 1.165) is 12.2 Å². The van der Waals surface area contributed by atoms with Crippen LogP contribution < -0.4 is 17.1 Å². The molecule has 0 fully saturated rings. The van der Waals surface area contributed by atoms with E-state index >= 15 is 0 Å². The Bertz CT molecular complexity index is 1060. The summed E-state index contributed by atoms with van der Waals surface area (Å²) in [5.74, 6) is -2.38. The minimum absolute atomic E-state index is 0.0208. The topological polar surface area (TPSA) is 206 Å². The molecule has 15 heteroatoms.